The molecular weight excluding hydrogens is 245 g/mol. The summed E-state index contributed by atoms with van der Waals surface area (Å²) in [5.41, 5.74) is 5.41. The first-order valence-corrected chi connectivity index (χ1v) is 5.29. The minimum absolute atomic E-state index is 0.0756. The fraction of sp³-hybridized carbons (Fsp3) is 0.364. The fourth-order valence-electron chi connectivity index (χ4n) is 1.67. The van der Waals surface area contributed by atoms with Crippen LogP contribution in [0.2, 0.25) is 0 Å². The number of fused-ring (bicyclic) bond motifs is 1. The second-order valence-electron chi connectivity index (χ2n) is 3.87. The van der Waals surface area contributed by atoms with E-state index < -0.39 is 23.6 Å². The predicted molar refractivity (Wildman–Crippen MR) is 58.4 cm³/mol. The lowest BCUT2D eigenvalue weighted by Gasteiger charge is -2.21. The molecule has 0 radical (unpaired) electrons. The molecule has 1 aliphatic heterocycles. The van der Waals surface area contributed by atoms with Crippen molar-refractivity contribution in [2.45, 2.75) is 12.5 Å². The maximum Gasteiger partial charge on any atom is 0.320 e. The molecule has 0 saturated heterocycles. The van der Waals surface area contributed by atoms with Gasteiger partial charge in [0.2, 0.25) is 11.6 Å². The molecule has 1 aromatic rings. The number of carbonyl (C=O) groups is 1. The summed E-state index contributed by atoms with van der Waals surface area (Å²) in [4.78, 5) is 10.6. The van der Waals surface area contributed by atoms with Crippen LogP contribution in [0.3, 0.4) is 0 Å². The number of carboxylic acids is 1. The molecule has 4 N–H and O–H groups in total. The number of aliphatic carboxylic acids is 1. The molecular formula is C11H12FNO5. The van der Waals surface area contributed by atoms with E-state index in [9.17, 15) is 14.3 Å². The molecule has 0 saturated carbocycles. The van der Waals surface area contributed by atoms with Crippen LogP contribution in [0.5, 0.6) is 17.2 Å². The standard InChI is InChI=1S/C11H12FNO5/c12-8-9(14)5(3-6(13)11(15)16)4-7-10(8)18-2-1-17-7/h4,6,14H,1-3,13H2,(H,15,16). The quantitative estimate of drug-likeness (QED) is 0.717. The van der Waals surface area contributed by atoms with Crippen LogP contribution in [0.25, 0.3) is 0 Å². The van der Waals surface area contributed by atoms with Gasteiger partial charge in [0.25, 0.3) is 0 Å². The number of phenolic OH excluding ortho intramolecular Hbond substituents is 1. The van der Waals surface area contributed by atoms with E-state index >= 15 is 0 Å². The third kappa shape index (κ3) is 2.17. The Bertz CT molecular complexity index is 491. The van der Waals surface area contributed by atoms with Gasteiger partial charge in [0, 0.05) is 12.0 Å². The van der Waals surface area contributed by atoms with Gasteiger partial charge in [0.15, 0.2) is 11.5 Å². The third-order valence-corrected chi connectivity index (χ3v) is 2.58. The molecule has 1 unspecified atom stereocenters. The number of hydrogen-bond donors (Lipinski definition) is 3. The number of aromatic hydroxyl groups is 1. The molecule has 0 bridgehead atoms. The minimum atomic E-state index is -1.23. The van der Waals surface area contributed by atoms with E-state index in [1.54, 1.807) is 0 Å². The van der Waals surface area contributed by atoms with Gasteiger partial charge in [0.05, 0.1) is 0 Å². The number of rotatable bonds is 3. The number of benzene rings is 1. The van der Waals surface area contributed by atoms with Gasteiger partial charge >= 0.3 is 5.97 Å². The average Bonchev–Trinajstić information content (AvgIpc) is 2.35. The maximum atomic E-state index is 13.8. The van der Waals surface area contributed by atoms with Gasteiger partial charge in [-0.25, -0.2) is 0 Å². The van der Waals surface area contributed by atoms with E-state index in [2.05, 4.69) is 0 Å². The monoisotopic (exact) mass is 257 g/mol. The normalized spacial score (nSPS) is 15.2. The van der Waals surface area contributed by atoms with Crippen molar-refractivity contribution < 1.29 is 28.9 Å². The van der Waals surface area contributed by atoms with E-state index in [0.29, 0.717) is 0 Å². The molecule has 0 aliphatic carbocycles. The molecule has 0 spiro atoms. The zero-order valence-corrected chi connectivity index (χ0v) is 9.35. The predicted octanol–water partition coefficient (Wildman–Crippen LogP) is 0.257. The van der Waals surface area contributed by atoms with Crippen LogP contribution in [0.1, 0.15) is 5.56 Å². The van der Waals surface area contributed by atoms with Crippen LogP contribution in [-0.2, 0) is 11.2 Å². The highest BCUT2D eigenvalue weighted by molar-refractivity contribution is 5.73. The zero-order valence-electron chi connectivity index (χ0n) is 9.35. The van der Waals surface area contributed by atoms with Crippen molar-refractivity contribution >= 4 is 5.97 Å². The van der Waals surface area contributed by atoms with E-state index in [0.717, 1.165) is 0 Å². The Kier molecular flexibility index (Phi) is 3.24. The van der Waals surface area contributed by atoms with Crippen LogP contribution >= 0.6 is 0 Å². The van der Waals surface area contributed by atoms with E-state index in [4.69, 9.17) is 20.3 Å². The first-order chi connectivity index (χ1) is 8.50. The first-order valence-electron chi connectivity index (χ1n) is 5.29. The van der Waals surface area contributed by atoms with Crippen molar-refractivity contribution in [2.24, 2.45) is 5.73 Å². The van der Waals surface area contributed by atoms with Gasteiger partial charge in [0.1, 0.15) is 19.3 Å². The Morgan fingerprint density at radius 3 is 2.83 bits per heavy atom. The van der Waals surface area contributed by atoms with E-state index in [1.807, 2.05) is 0 Å². The summed E-state index contributed by atoms with van der Waals surface area (Å²) in [5, 5.41) is 18.3. The number of phenols is 1. The van der Waals surface area contributed by atoms with Crippen LogP contribution in [0, 0.1) is 5.82 Å². The molecule has 18 heavy (non-hydrogen) atoms. The number of halogens is 1. The van der Waals surface area contributed by atoms with Crippen LogP contribution in [0.15, 0.2) is 6.07 Å². The van der Waals surface area contributed by atoms with Crippen LogP contribution < -0.4 is 15.2 Å². The second-order valence-corrected chi connectivity index (χ2v) is 3.87. The molecule has 0 fully saturated rings. The molecule has 1 aromatic carbocycles. The van der Waals surface area contributed by atoms with Gasteiger partial charge in [-0.05, 0) is 6.07 Å². The van der Waals surface area contributed by atoms with Crippen molar-refractivity contribution in [3.8, 4) is 17.2 Å². The third-order valence-electron chi connectivity index (χ3n) is 2.58. The second kappa shape index (κ2) is 4.69. The molecule has 1 aliphatic rings. The van der Waals surface area contributed by atoms with Crippen molar-refractivity contribution in [1.82, 2.24) is 0 Å². The number of hydrogen-bond acceptors (Lipinski definition) is 5. The van der Waals surface area contributed by atoms with Gasteiger partial charge < -0.3 is 25.4 Å². The fourth-order valence-corrected chi connectivity index (χ4v) is 1.67. The summed E-state index contributed by atoms with van der Waals surface area (Å²) >= 11 is 0. The van der Waals surface area contributed by atoms with Gasteiger partial charge in [-0.3, -0.25) is 4.79 Å². The lowest BCUT2D eigenvalue weighted by Crippen LogP contribution is -2.32. The smallest absolute Gasteiger partial charge is 0.320 e. The van der Waals surface area contributed by atoms with E-state index in [1.165, 1.54) is 6.07 Å². The number of carboxylic acid groups (broad SMARTS) is 1. The molecule has 6 nitrogen and oxygen atoms in total. The number of nitrogens with two attached hydrogens (primary N) is 1. The van der Waals surface area contributed by atoms with Gasteiger partial charge in [-0.2, -0.15) is 4.39 Å². The molecule has 0 amide bonds. The first kappa shape index (κ1) is 12.4. The Morgan fingerprint density at radius 1 is 1.50 bits per heavy atom. The highest BCUT2D eigenvalue weighted by atomic mass is 19.1. The zero-order chi connectivity index (χ0) is 13.3. The lowest BCUT2D eigenvalue weighted by atomic mass is 10.0. The summed E-state index contributed by atoms with van der Waals surface area (Å²) in [6.07, 6.45) is -0.200. The van der Waals surface area contributed by atoms with Gasteiger partial charge in [-0.15, -0.1) is 0 Å². The Morgan fingerprint density at radius 2 is 2.17 bits per heavy atom. The number of ether oxygens (including phenoxy) is 2. The Hall–Kier alpha value is -2.02. The van der Waals surface area contributed by atoms with Gasteiger partial charge in [-0.1, -0.05) is 0 Å². The topological polar surface area (TPSA) is 102 Å². The van der Waals surface area contributed by atoms with Crippen molar-refractivity contribution in [3.63, 3.8) is 0 Å². The lowest BCUT2D eigenvalue weighted by molar-refractivity contribution is -0.138. The van der Waals surface area contributed by atoms with E-state index in [-0.39, 0.29) is 36.7 Å². The summed E-state index contributed by atoms with van der Waals surface area (Å²) in [6, 6.07) is 0.119. The van der Waals surface area contributed by atoms with Crippen molar-refractivity contribution in [3.05, 3.63) is 17.4 Å². The molecule has 7 heteroatoms. The largest absolute Gasteiger partial charge is 0.505 e. The molecule has 98 valence electrons. The summed E-state index contributed by atoms with van der Waals surface area (Å²) in [7, 11) is 0. The van der Waals surface area contributed by atoms with Crippen LogP contribution in [-0.4, -0.2) is 35.4 Å². The SMILES string of the molecule is NC(Cc1cc2c(c(F)c1O)OCCO2)C(=O)O. The Balaban J connectivity index is 2.37. The van der Waals surface area contributed by atoms with Crippen molar-refractivity contribution in [2.75, 3.05) is 13.2 Å². The molecule has 1 atom stereocenters. The summed E-state index contributed by atoms with van der Waals surface area (Å²) in [6.45, 7) is 0.457. The summed E-state index contributed by atoms with van der Waals surface area (Å²) < 4.78 is 24.0. The Labute approximate surface area is 102 Å². The molecule has 1 heterocycles. The highest BCUT2D eigenvalue weighted by Crippen LogP contribution is 2.40. The molecule has 0 aromatic heterocycles. The maximum absolute atomic E-state index is 13.8. The molecule has 2 rings (SSSR count). The van der Waals surface area contributed by atoms with Crippen molar-refractivity contribution in [1.29, 1.82) is 0 Å². The summed E-state index contributed by atoms with van der Waals surface area (Å²) in [5.74, 6) is -2.86. The minimum Gasteiger partial charge on any atom is -0.505 e. The van der Waals surface area contributed by atoms with Crippen LogP contribution in [0.4, 0.5) is 4.39 Å². The highest BCUT2D eigenvalue weighted by Gasteiger charge is 2.25. The average molecular weight is 257 g/mol.